The highest BCUT2D eigenvalue weighted by Gasteiger charge is 2.02. The molecule has 0 aliphatic rings. The van der Waals surface area contributed by atoms with Gasteiger partial charge in [0, 0.05) is 42.9 Å². The largest absolute Gasteiger partial charge is 0.310 e. The van der Waals surface area contributed by atoms with Gasteiger partial charge < -0.3 is 5.32 Å². The van der Waals surface area contributed by atoms with Gasteiger partial charge in [-0.1, -0.05) is 13.8 Å². The minimum atomic E-state index is 0.457. The lowest BCUT2D eigenvalue weighted by molar-refractivity contribution is 0.585. The molecule has 2 aromatic rings. The predicted octanol–water partition coefficient (Wildman–Crippen LogP) is 1.92. The standard InChI is InChI=1S/C12H15N5S/c1-9(2)15-5-10-6-16-12(17-7-10)18-11-8-13-3-4-14-11/h3-4,6-9,15H,5H2,1-2H3. The minimum absolute atomic E-state index is 0.457. The summed E-state index contributed by atoms with van der Waals surface area (Å²) in [4.78, 5) is 16.8. The van der Waals surface area contributed by atoms with Crippen molar-refractivity contribution in [2.45, 2.75) is 36.6 Å². The van der Waals surface area contributed by atoms with E-state index in [9.17, 15) is 0 Å². The molecule has 0 amide bonds. The summed E-state index contributed by atoms with van der Waals surface area (Å²) in [6.45, 7) is 5.01. The smallest absolute Gasteiger partial charge is 0.193 e. The van der Waals surface area contributed by atoms with E-state index in [1.54, 1.807) is 18.6 Å². The van der Waals surface area contributed by atoms with Crippen molar-refractivity contribution in [1.29, 1.82) is 0 Å². The minimum Gasteiger partial charge on any atom is -0.310 e. The van der Waals surface area contributed by atoms with Gasteiger partial charge in [0.2, 0.25) is 0 Å². The van der Waals surface area contributed by atoms with Crippen LogP contribution >= 0.6 is 11.8 Å². The van der Waals surface area contributed by atoms with E-state index in [1.807, 2.05) is 12.4 Å². The average molecular weight is 261 g/mol. The van der Waals surface area contributed by atoms with E-state index >= 15 is 0 Å². The Labute approximate surface area is 110 Å². The van der Waals surface area contributed by atoms with Crippen LogP contribution in [0, 0.1) is 0 Å². The lowest BCUT2D eigenvalue weighted by Gasteiger charge is -2.07. The van der Waals surface area contributed by atoms with Crippen LogP contribution in [0.15, 0.2) is 41.2 Å². The van der Waals surface area contributed by atoms with Crippen LogP contribution in [-0.4, -0.2) is 26.0 Å². The van der Waals surface area contributed by atoms with Crippen molar-refractivity contribution in [3.63, 3.8) is 0 Å². The van der Waals surface area contributed by atoms with Crippen LogP contribution in [0.3, 0.4) is 0 Å². The predicted molar refractivity (Wildman–Crippen MR) is 70.2 cm³/mol. The van der Waals surface area contributed by atoms with E-state index in [0.29, 0.717) is 11.2 Å². The molecule has 0 radical (unpaired) electrons. The van der Waals surface area contributed by atoms with Gasteiger partial charge >= 0.3 is 0 Å². The topological polar surface area (TPSA) is 63.6 Å². The summed E-state index contributed by atoms with van der Waals surface area (Å²) in [5.41, 5.74) is 1.08. The van der Waals surface area contributed by atoms with E-state index < -0.39 is 0 Å². The maximum atomic E-state index is 4.30. The zero-order chi connectivity index (χ0) is 12.8. The van der Waals surface area contributed by atoms with Crippen LogP contribution in [0.2, 0.25) is 0 Å². The van der Waals surface area contributed by atoms with Crippen molar-refractivity contribution in [2.24, 2.45) is 0 Å². The SMILES string of the molecule is CC(C)NCc1cnc(Sc2cnccn2)nc1. The lowest BCUT2D eigenvalue weighted by atomic mass is 10.3. The Balaban J connectivity index is 1.95. The molecule has 5 nitrogen and oxygen atoms in total. The van der Waals surface area contributed by atoms with Crippen LogP contribution in [0.25, 0.3) is 0 Å². The van der Waals surface area contributed by atoms with Crippen LogP contribution in [0.1, 0.15) is 19.4 Å². The Kier molecular flexibility index (Phi) is 4.60. The molecule has 0 atom stereocenters. The molecule has 0 fully saturated rings. The molecule has 18 heavy (non-hydrogen) atoms. The Morgan fingerprint density at radius 3 is 2.50 bits per heavy atom. The van der Waals surface area contributed by atoms with Gasteiger partial charge in [-0.25, -0.2) is 15.0 Å². The Morgan fingerprint density at radius 2 is 1.89 bits per heavy atom. The Bertz CT molecular complexity index is 472. The molecule has 0 bridgehead atoms. The van der Waals surface area contributed by atoms with E-state index in [1.165, 1.54) is 11.8 Å². The normalized spacial score (nSPS) is 10.8. The molecule has 2 rings (SSSR count). The number of hydrogen-bond acceptors (Lipinski definition) is 6. The van der Waals surface area contributed by atoms with Crippen molar-refractivity contribution in [3.8, 4) is 0 Å². The van der Waals surface area contributed by atoms with Gasteiger partial charge in [0.1, 0.15) is 5.03 Å². The second-order valence-corrected chi connectivity index (χ2v) is 5.04. The summed E-state index contributed by atoms with van der Waals surface area (Å²) in [6.07, 6.45) is 8.67. The highest BCUT2D eigenvalue weighted by atomic mass is 32.2. The monoisotopic (exact) mass is 261 g/mol. The molecule has 0 unspecified atom stereocenters. The first-order valence-electron chi connectivity index (χ1n) is 5.72. The molecule has 0 aliphatic heterocycles. The molecule has 94 valence electrons. The van der Waals surface area contributed by atoms with Crippen molar-refractivity contribution < 1.29 is 0 Å². The molecule has 0 saturated carbocycles. The number of aromatic nitrogens is 4. The first-order valence-corrected chi connectivity index (χ1v) is 6.54. The van der Waals surface area contributed by atoms with Crippen molar-refractivity contribution >= 4 is 11.8 Å². The van der Waals surface area contributed by atoms with Gasteiger partial charge in [-0.3, -0.25) is 4.98 Å². The molecular weight excluding hydrogens is 246 g/mol. The van der Waals surface area contributed by atoms with Gasteiger partial charge in [0.05, 0.1) is 6.20 Å². The number of nitrogens with zero attached hydrogens (tertiary/aromatic N) is 4. The molecule has 0 aromatic carbocycles. The summed E-state index contributed by atoms with van der Waals surface area (Å²) in [7, 11) is 0. The van der Waals surface area contributed by atoms with Crippen LogP contribution in [0.4, 0.5) is 0 Å². The van der Waals surface area contributed by atoms with Gasteiger partial charge in [0.15, 0.2) is 5.16 Å². The third-order valence-corrected chi connectivity index (χ3v) is 2.94. The van der Waals surface area contributed by atoms with E-state index in [4.69, 9.17) is 0 Å². The first-order chi connectivity index (χ1) is 8.74. The number of nitrogens with one attached hydrogen (secondary N) is 1. The Morgan fingerprint density at radius 1 is 1.11 bits per heavy atom. The van der Waals surface area contributed by atoms with Crippen LogP contribution in [-0.2, 0) is 6.54 Å². The Hall–Kier alpha value is -1.53. The molecule has 6 heteroatoms. The molecule has 2 aromatic heterocycles. The molecule has 1 N–H and O–H groups in total. The quantitative estimate of drug-likeness (QED) is 0.830. The average Bonchev–Trinajstić information content (AvgIpc) is 2.39. The van der Waals surface area contributed by atoms with Crippen molar-refractivity contribution in [2.75, 3.05) is 0 Å². The molecule has 0 aliphatic carbocycles. The zero-order valence-electron chi connectivity index (χ0n) is 10.4. The van der Waals surface area contributed by atoms with Crippen molar-refractivity contribution in [3.05, 3.63) is 36.5 Å². The van der Waals surface area contributed by atoms with E-state index in [-0.39, 0.29) is 0 Å². The van der Waals surface area contributed by atoms with Gasteiger partial charge in [0.25, 0.3) is 0 Å². The summed E-state index contributed by atoms with van der Waals surface area (Å²) < 4.78 is 0. The zero-order valence-corrected chi connectivity index (χ0v) is 11.2. The lowest BCUT2D eigenvalue weighted by Crippen LogP contribution is -2.21. The fourth-order valence-corrected chi connectivity index (χ4v) is 1.87. The maximum absolute atomic E-state index is 4.30. The highest BCUT2D eigenvalue weighted by Crippen LogP contribution is 2.20. The maximum Gasteiger partial charge on any atom is 0.193 e. The van der Waals surface area contributed by atoms with Crippen LogP contribution < -0.4 is 5.32 Å². The third-order valence-electron chi connectivity index (χ3n) is 2.13. The molecule has 0 saturated heterocycles. The van der Waals surface area contributed by atoms with Gasteiger partial charge in [-0.15, -0.1) is 0 Å². The molecular formula is C12H15N5S. The third kappa shape index (κ3) is 4.05. The van der Waals surface area contributed by atoms with Crippen molar-refractivity contribution in [1.82, 2.24) is 25.3 Å². The fourth-order valence-electron chi connectivity index (χ4n) is 1.24. The molecule has 2 heterocycles. The summed E-state index contributed by atoms with van der Waals surface area (Å²) in [6, 6.07) is 0.457. The van der Waals surface area contributed by atoms with E-state index in [0.717, 1.165) is 17.1 Å². The van der Waals surface area contributed by atoms with Gasteiger partial charge in [-0.05, 0) is 11.8 Å². The fraction of sp³-hybridized carbons (Fsp3) is 0.333. The van der Waals surface area contributed by atoms with Crippen LogP contribution in [0.5, 0.6) is 0 Å². The van der Waals surface area contributed by atoms with E-state index in [2.05, 4.69) is 39.1 Å². The summed E-state index contributed by atoms with van der Waals surface area (Å²) in [5.74, 6) is 0. The number of rotatable bonds is 5. The highest BCUT2D eigenvalue weighted by molar-refractivity contribution is 7.99. The van der Waals surface area contributed by atoms with Gasteiger partial charge in [-0.2, -0.15) is 0 Å². The molecule has 0 spiro atoms. The second-order valence-electron chi connectivity index (χ2n) is 4.06. The summed E-state index contributed by atoms with van der Waals surface area (Å²) >= 11 is 1.40. The first kappa shape index (κ1) is 12.9. The second kappa shape index (κ2) is 6.42. The summed E-state index contributed by atoms with van der Waals surface area (Å²) in [5, 5.41) is 4.80. The number of hydrogen-bond donors (Lipinski definition) is 1.